The van der Waals surface area contributed by atoms with Gasteiger partial charge in [0.1, 0.15) is 5.69 Å². The molecular formula is C12H12N2O2. The van der Waals surface area contributed by atoms with Crippen LogP contribution in [0.25, 0.3) is 10.9 Å². The first kappa shape index (κ1) is 9.42. The fraction of sp³-hybridized carbons (Fsp3) is 0.250. The number of aromatic amines is 1. The highest BCUT2D eigenvalue weighted by molar-refractivity contribution is 5.98. The van der Waals surface area contributed by atoms with Crippen LogP contribution < -0.4 is 5.32 Å². The Morgan fingerprint density at radius 2 is 2.25 bits per heavy atom. The predicted octanol–water partition coefficient (Wildman–Crippen LogP) is 1.51. The molecule has 82 valence electrons. The van der Waals surface area contributed by atoms with Crippen LogP contribution in [-0.4, -0.2) is 22.6 Å². The van der Waals surface area contributed by atoms with Crippen molar-refractivity contribution in [1.29, 1.82) is 0 Å². The van der Waals surface area contributed by atoms with Gasteiger partial charge in [-0.1, -0.05) is 12.1 Å². The monoisotopic (exact) mass is 216 g/mol. The van der Waals surface area contributed by atoms with E-state index in [0.717, 1.165) is 36.0 Å². The lowest BCUT2D eigenvalue weighted by molar-refractivity contribution is 0.0690. The second kappa shape index (κ2) is 3.35. The van der Waals surface area contributed by atoms with Crippen LogP contribution in [0.3, 0.4) is 0 Å². The summed E-state index contributed by atoms with van der Waals surface area (Å²) in [4.78, 5) is 14.1. The van der Waals surface area contributed by atoms with Gasteiger partial charge in [0.05, 0.1) is 0 Å². The smallest absolute Gasteiger partial charge is 0.352 e. The van der Waals surface area contributed by atoms with Gasteiger partial charge in [0.25, 0.3) is 0 Å². The first-order valence-electron chi connectivity index (χ1n) is 5.34. The molecular weight excluding hydrogens is 204 g/mol. The van der Waals surface area contributed by atoms with Crippen LogP contribution in [-0.2, 0) is 13.0 Å². The van der Waals surface area contributed by atoms with Gasteiger partial charge in [0.2, 0.25) is 0 Å². The number of benzene rings is 1. The van der Waals surface area contributed by atoms with E-state index in [-0.39, 0.29) is 0 Å². The average molecular weight is 216 g/mol. The predicted molar refractivity (Wildman–Crippen MR) is 60.7 cm³/mol. The van der Waals surface area contributed by atoms with Gasteiger partial charge >= 0.3 is 5.97 Å². The van der Waals surface area contributed by atoms with Gasteiger partial charge in [0.15, 0.2) is 0 Å². The van der Waals surface area contributed by atoms with Crippen LogP contribution in [0.4, 0.5) is 0 Å². The molecule has 4 heteroatoms. The first-order valence-corrected chi connectivity index (χ1v) is 5.34. The SMILES string of the molecule is O=C(O)c1[nH]c2cccc3c2c1CCNC3. The summed E-state index contributed by atoms with van der Waals surface area (Å²) in [5, 5.41) is 13.5. The molecule has 3 rings (SSSR count). The van der Waals surface area contributed by atoms with Crippen molar-refractivity contribution in [2.24, 2.45) is 0 Å². The lowest BCUT2D eigenvalue weighted by atomic mass is 10.0. The quantitative estimate of drug-likeness (QED) is 0.677. The summed E-state index contributed by atoms with van der Waals surface area (Å²) in [6.07, 6.45) is 0.763. The molecule has 0 bridgehead atoms. The van der Waals surface area contributed by atoms with Crippen LogP contribution >= 0.6 is 0 Å². The number of H-pyrrole nitrogens is 1. The second-order valence-corrected chi connectivity index (χ2v) is 4.05. The third-order valence-electron chi connectivity index (χ3n) is 3.10. The van der Waals surface area contributed by atoms with Gasteiger partial charge in [0, 0.05) is 17.4 Å². The fourth-order valence-electron chi connectivity index (χ4n) is 2.41. The Balaban J connectivity index is 2.39. The van der Waals surface area contributed by atoms with Crippen molar-refractivity contribution >= 4 is 16.9 Å². The maximum atomic E-state index is 11.1. The third-order valence-corrected chi connectivity index (χ3v) is 3.10. The molecule has 1 aromatic carbocycles. The van der Waals surface area contributed by atoms with Crippen molar-refractivity contribution in [1.82, 2.24) is 10.3 Å². The van der Waals surface area contributed by atoms with Gasteiger partial charge in [-0.3, -0.25) is 0 Å². The molecule has 1 aliphatic heterocycles. The Labute approximate surface area is 92.3 Å². The Morgan fingerprint density at radius 1 is 1.38 bits per heavy atom. The number of nitrogens with one attached hydrogen (secondary N) is 2. The molecule has 2 heterocycles. The number of rotatable bonds is 1. The van der Waals surface area contributed by atoms with E-state index in [1.807, 2.05) is 18.2 Å². The molecule has 1 aromatic heterocycles. The summed E-state index contributed by atoms with van der Waals surface area (Å²) in [7, 11) is 0. The van der Waals surface area contributed by atoms with Crippen molar-refractivity contribution in [3.05, 3.63) is 35.0 Å². The summed E-state index contributed by atoms with van der Waals surface area (Å²) in [5.74, 6) is -0.876. The van der Waals surface area contributed by atoms with Crippen molar-refractivity contribution in [2.45, 2.75) is 13.0 Å². The van der Waals surface area contributed by atoms with Crippen molar-refractivity contribution < 1.29 is 9.90 Å². The number of carbonyl (C=O) groups is 1. The third kappa shape index (κ3) is 1.23. The Bertz CT molecular complexity index is 572. The van der Waals surface area contributed by atoms with E-state index in [2.05, 4.69) is 10.3 Å². The summed E-state index contributed by atoms with van der Waals surface area (Å²) in [5.41, 5.74) is 3.37. The normalized spacial score (nSPS) is 15.0. The Morgan fingerprint density at radius 3 is 3.06 bits per heavy atom. The Hall–Kier alpha value is -1.81. The fourth-order valence-corrected chi connectivity index (χ4v) is 2.41. The van der Waals surface area contributed by atoms with Crippen molar-refractivity contribution in [3.8, 4) is 0 Å². The van der Waals surface area contributed by atoms with Crippen LogP contribution in [0, 0.1) is 0 Å². The largest absolute Gasteiger partial charge is 0.477 e. The summed E-state index contributed by atoms with van der Waals surface area (Å²) in [6.45, 7) is 1.63. The van der Waals surface area contributed by atoms with Gasteiger partial charge in [-0.15, -0.1) is 0 Å². The lowest BCUT2D eigenvalue weighted by Gasteiger charge is -2.00. The van der Waals surface area contributed by atoms with Gasteiger partial charge in [-0.2, -0.15) is 0 Å². The number of aromatic nitrogens is 1. The van der Waals surface area contributed by atoms with Gasteiger partial charge in [-0.05, 0) is 30.2 Å². The number of hydrogen-bond donors (Lipinski definition) is 3. The molecule has 0 amide bonds. The molecule has 3 N–H and O–H groups in total. The summed E-state index contributed by atoms with van der Waals surface area (Å²) < 4.78 is 0. The van der Waals surface area contributed by atoms with E-state index in [4.69, 9.17) is 5.11 Å². The van der Waals surface area contributed by atoms with E-state index < -0.39 is 5.97 Å². The molecule has 0 fully saturated rings. The zero-order valence-corrected chi connectivity index (χ0v) is 8.71. The molecule has 0 unspecified atom stereocenters. The second-order valence-electron chi connectivity index (χ2n) is 4.05. The number of hydrogen-bond acceptors (Lipinski definition) is 2. The molecule has 0 saturated heterocycles. The van der Waals surface area contributed by atoms with Gasteiger partial charge in [-0.25, -0.2) is 4.79 Å². The number of carboxylic acid groups (broad SMARTS) is 1. The summed E-state index contributed by atoms with van der Waals surface area (Å²) >= 11 is 0. The average Bonchev–Trinajstić information content (AvgIpc) is 2.50. The van der Waals surface area contributed by atoms with Crippen LogP contribution in [0.1, 0.15) is 21.6 Å². The lowest BCUT2D eigenvalue weighted by Crippen LogP contribution is -2.14. The molecule has 0 spiro atoms. The maximum Gasteiger partial charge on any atom is 0.352 e. The van der Waals surface area contributed by atoms with E-state index in [1.165, 1.54) is 5.56 Å². The topological polar surface area (TPSA) is 65.1 Å². The van der Waals surface area contributed by atoms with Crippen LogP contribution in [0.5, 0.6) is 0 Å². The molecule has 0 aliphatic carbocycles. The molecule has 1 aliphatic rings. The molecule has 0 atom stereocenters. The highest BCUT2D eigenvalue weighted by Crippen LogP contribution is 2.28. The van der Waals surface area contributed by atoms with Crippen LogP contribution in [0.2, 0.25) is 0 Å². The van der Waals surface area contributed by atoms with Crippen LogP contribution in [0.15, 0.2) is 18.2 Å². The number of carboxylic acids is 1. The van der Waals surface area contributed by atoms with E-state index >= 15 is 0 Å². The minimum atomic E-state index is -0.876. The Kier molecular flexibility index (Phi) is 1.97. The summed E-state index contributed by atoms with van der Waals surface area (Å²) in [6, 6.07) is 5.93. The minimum Gasteiger partial charge on any atom is -0.477 e. The minimum absolute atomic E-state index is 0.339. The molecule has 16 heavy (non-hydrogen) atoms. The zero-order chi connectivity index (χ0) is 11.1. The highest BCUT2D eigenvalue weighted by Gasteiger charge is 2.20. The molecule has 4 nitrogen and oxygen atoms in total. The standard InChI is InChI=1S/C12H12N2O2/c15-12(16)11-8-4-5-13-6-7-2-1-3-9(14-11)10(7)8/h1-3,13-14H,4-6H2,(H,15,16). The van der Waals surface area contributed by atoms with E-state index in [9.17, 15) is 4.79 Å². The molecule has 0 saturated carbocycles. The molecule has 2 aromatic rings. The molecule has 0 radical (unpaired) electrons. The van der Waals surface area contributed by atoms with Gasteiger partial charge < -0.3 is 15.4 Å². The highest BCUT2D eigenvalue weighted by atomic mass is 16.4. The van der Waals surface area contributed by atoms with Crippen molar-refractivity contribution in [2.75, 3.05) is 6.54 Å². The van der Waals surface area contributed by atoms with Crippen molar-refractivity contribution in [3.63, 3.8) is 0 Å². The maximum absolute atomic E-state index is 11.1. The van der Waals surface area contributed by atoms with E-state index in [1.54, 1.807) is 0 Å². The van der Waals surface area contributed by atoms with E-state index in [0.29, 0.717) is 5.69 Å². The number of aromatic carboxylic acids is 1. The zero-order valence-electron chi connectivity index (χ0n) is 8.71. The first-order chi connectivity index (χ1) is 7.77.